The van der Waals surface area contributed by atoms with Crippen LogP contribution in [0.3, 0.4) is 0 Å². The van der Waals surface area contributed by atoms with Crippen LogP contribution in [0.4, 0.5) is 5.69 Å². The summed E-state index contributed by atoms with van der Waals surface area (Å²) in [5, 5.41) is 19.1. The minimum absolute atomic E-state index is 0.000166. The molecule has 3 rings (SSSR count). The van der Waals surface area contributed by atoms with Crippen LogP contribution < -0.4 is 0 Å². The number of amides is 1. The number of rotatable bonds is 4. The van der Waals surface area contributed by atoms with E-state index in [-0.39, 0.29) is 18.0 Å². The second kappa shape index (κ2) is 6.77. The van der Waals surface area contributed by atoms with Crippen molar-refractivity contribution in [3.8, 4) is 0 Å². The molecule has 126 valence electrons. The van der Waals surface area contributed by atoms with Gasteiger partial charge in [-0.25, -0.2) is 0 Å². The van der Waals surface area contributed by atoms with E-state index >= 15 is 0 Å². The number of nitro benzene ring substituents is 1. The summed E-state index contributed by atoms with van der Waals surface area (Å²) in [6.45, 7) is 1.27. The Labute approximate surface area is 139 Å². The summed E-state index contributed by atoms with van der Waals surface area (Å²) in [5.41, 5.74) is 0.461. The van der Waals surface area contributed by atoms with E-state index in [9.17, 15) is 14.9 Å². The molecule has 1 fully saturated rings. The molecule has 1 aliphatic rings. The molecule has 1 aliphatic heterocycles. The zero-order valence-corrected chi connectivity index (χ0v) is 13.5. The molecular weight excluding hydrogens is 310 g/mol. The van der Waals surface area contributed by atoms with Gasteiger partial charge in [-0.1, -0.05) is 18.2 Å². The maximum Gasteiger partial charge on any atom is 0.273 e. The van der Waals surface area contributed by atoms with Gasteiger partial charge in [0.2, 0.25) is 5.91 Å². The van der Waals surface area contributed by atoms with Gasteiger partial charge in [-0.2, -0.15) is 0 Å². The first-order valence-electron chi connectivity index (χ1n) is 7.90. The Morgan fingerprint density at radius 2 is 2.04 bits per heavy atom. The minimum atomic E-state index is -0.442. The molecule has 0 spiro atoms. The van der Waals surface area contributed by atoms with Crippen LogP contribution >= 0.6 is 0 Å². The highest BCUT2D eigenvalue weighted by atomic mass is 16.6. The van der Waals surface area contributed by atoms with Crippen molar-refractivity contribution in [2.45, 2.75) is 25.2 Å². The first-order chi connectivity index (χ1) is 11.6. The van der Waals surface area contributed by atoms with Crippen molar-refractivity contribution in [3.05, 3.63) is 52.1 Å². The lowest BCUT2D eigenvalue weighted by molar-refractivity contribution is -0.385. The Morgan fingerprint density at radius 1 is 1.33 bits per heavy atom. The quantitative estimate of drug-likeness (QED) is 0.628. The highest BCUT2D eigenvalue weighted by Crippen LogP contribution is 2.27. The first kappa shape index (κ1) is 16.1. The molecule has 1 aromatic heterocycles. The van der Waals surface area contributed by atoms with Gasteiger partial charge in [0.05, 0.1) is 11.3 Å². The zero-order chi connectivity index (χ0) is 17.1. The van der Waals surface area contributed by atoms with Crippen molar-refractivity contribution in [1.82, 2.24) is 19.7 Å². The predicted octanol–water partition coefficient (Wildman–Crippen LogP) is 1.67. The van der Waals surface area contributed by atoms with Crippen LogP contribution in [-0.4, -0.2) is 43.6 Å². The number of aromatic nitrogens is 3. The number of likely N-dealkylation sites (tertiary alicyclic amines) is 1. The van der Waals surface area contributed by atoms with Gasteiger partial charge in [-0.3, -0.25) is 14.9 Å². The molecular formula is C16H19N5O3. The second-order valence-electron chi connectivity index (χ2n) is 6.02. The van der Waals surface area contributed by atoms with Crippen LogP contribution in [0.5, 0.6) is 0 Å². The summed E-state index contributed by atoms with van der Waals surface area (Å²) in [4.78, 5) is 24.9. The molecule has 0 N–H and O–H groups in total. The Balaban J connectivity index is 1.62. The van der Waals surface area contributed by atoms with Gasteiger partial charge in [0.15, 0.2) is 0 Å². The van der Waals surface area contributed by atoms with E-state index in [0.717, 1.165) is 18.7 Å². The van der Waals surface area contributed by atoms with E-state index in [1.165, 1.54) is 6.07 Å². The van der Waals surface area contributed by atoms with Crippen molar-refractivity contribution in [3.63, 3.8) is 0 Å². The van der Waals surface area contributed by atoms with Gasteiger partial charge >= 0.3 is 0 Å². The molecule has 0 aliphatic carbocycles. The molecule has 0 atom stereocenters. The molecule has 0 unspecified atom stereocenters. The maximum absolute atomic E-state index is 12.5. The Kier molecular flexibility index (Phi) is 4.54. The van der Waals surface area contributed by atoms with E-state index in [1.54, 1.807) is 29.4 Å². The molecule has 24 heavy (non-hydrogen) atoms. The van der Waals surface area contributed by atoms with E-state index in [4.69, 9.17) is 0 Å². The van der Waals surface area contributed by atoms with E-state index in [2.05, 4.69) is 10.2 Å². The molecule has 0 saturated carbocycles. The molecule has 1 aromatic carbocycles. The SMILES string of the molecule is Cn1cnnc1C1CCN(C(=O)Cc2ccccc2[N+](=O)[O-])CC1. The number of hydrogen-bond donors (Lipinski definition) is 0. The largest absolute Gasteiger partial charge is 0.342 e. The summed E-state index contributed by atoms with van der Waals surface area (Å²) in [6, 6.07) is 6.40. The van der Waals surface area contributed by atoms with Crippen molar-refractivity contribution in [1.29, 1.82) is 0 Å². The Hall–Kier alpha value is -2.77. The Bertz CT molecular complexity index is 750. The van der Waals surface area contributed by atoms with Gasteiger partial charge in [0.1, 0.15) is 12.2 Å². The number of hydrogen-bond acceptors (Lipinski definition) is 5. The number of nitro groups is 1. The lowest BCUT2D eigenvalue weighted by atomic mass is 9.95. The monoisotopic (exact) mass is 329 g/mol. The fourth-order valence-corrected chi connectivity index (χ4v) is 3.16. The zero-order valence-electron chi connectivity index (χ0n) is 13.5. The number of para-hydroxylation sites is 1. The first-order valence-corrected chi connectivity index (χ1v) is 7.90. The van der Waals surface area contributed by atoms with Gasteiger partial charge in [-0.15, -0.1) is 10.2 Å². The summed E-state index contributed by atoms with van der Waals surface area (Å²) in [7, 11) is 1.92. The maximum atomic E-state index is 12.5. The predicted molar refractivity (Wildman–Crippen MR) is 86.4 cm³/mol. The molecule has 8 nitrogen and oxygen atoms in total. The fourth-order valence-electron chi connectivity index (χ4n) is 3.16. The normalized spacial score (nSPS) is 15.5. The van der Waals surface area contributed by atoms with Crippen LogP contribution in [0.15, 0.2) is 30.6 Å². The average Bonchev–Trinajstić information content (AvgIpc) is 3.01. The summed E-state index contributed by atoms with van der Waals surface area (Å²) in [5.74, 6) is 1.18. The topological polar surface area (TPSA) is 94.2 Å². The fraction of sp³-hybridized carbons (Fsp3) is 0.438. The molecule has 0 radical (unpaired) electrons. The number of carbonyl (C=O) groups is 1. The van der Waals surface area contributed by atoms with Crippen molar-refractivity contribution in [2.75, 3.05) is 13.1 Å². The highest BCUT2D eigenvalue weighted by Gasteiger charge is 2.27. The molecule has 0 bridgehead atoms. The molecule has 2 aromatic rings. The standard InChI is InChI=1S/C16H19N5O3/c1-19-11-17-18-16(19)12-6-8-20(9-7-12)15(22)10-13-4-2-3-5-14(13)21(23)24/h2-5,11-12H,6-10H2,1H3. The number of aryl methyl sites for hydroxylation is 1. The van der Waals surface area contributed by atoms with Crippen LogP contribution in [0, 0.1) is 10.1 Å². The lowest BCUT2D eigenvalue weighted by Crippen LogP contribution is -2.39. The average molecular weight is 329 g/mol. The van der Waals surface area contributed by atoms with Gasteiger partial charge in [0, 0.05) is 37.7 Å². The van der Waals surface area contributed by atoms with Crippen LogP contribution in [0.25, 0.3) is 0 Å². The van der Waals surface area contributed by atoms with Gasteiger partial charge < -0.3 is 9.47 Å². The number of benzene rings is 1. The highest BCUT2D eigenvalue weighted by molar-refractivity contribution is 5.80. The van der Waals surface area contributed by atoms with E-state index < -0.39 is 4.92 Å². The lowest BCUT2D eigenvalue weighted by Gasteiger charge is -2.31. The van der Waals surface area contributed by atoms with E-state index in [1.807, 2.05) is 11.6 Å². The third kappa shape index (κ3) is 3.27. The summed E-state index contributed by atoms with van der Waals surface area (Å²) in [6.07, 6.45) is 3.40. The number of piperidine rings is 1. The molecule has 8 heteroatoms. The second-order valence-corrected chi connectivity index (χ2v) is 6.02. The third-order valence-electron chi connectivity index (χ3n) is 4.49. The molecule has 1 amide bonds. The molecule has 1 saturated heterocycles. The third-order valence-corrected chi connectivity index (χ3v) is 4.49. The summed E-state index contributed by atoms with van der Waals surface area (Å²) >= 11 is 0. The van der Waals surface area contributed by atoms with Crippen molar-refractivity contribution < 1.29 is 9.72 Å². The van der Waals surface area contributed by atoms with E-state index in [0.29, 0.717) is 24.6 Å². The Morgan fingerprint density at radius 3 is 2.67 bits per heavy atom. The number of nitrogens with zero attached hydrogens (tertiary/aromatic N) is 5. The molecule has 2 heterocycles. The van der Waals surface area contributed by atoms with Gasteiger partial charge in [-0.05, 0) is 12.8 Å². The van der Waals surface area contributed by atoms with Gasteiger partial charge in [0.25, 0.3) is 5.69 Å². The van der Waals surface area contributed by atoms with Crippen LogP contribution in [-0.2, 0) is 18.3 Å². The van der Waals surface area contributed by atoms with Crippen LogP contribution in [0.2, 0.25) is 0 Å². The smallest absolute Gasteiger partial charge is 0.273 e. The van der Waals surface area contributed by atoms with Crippen molar-refractivity contribution in [2.24, 2.45) is 7.05 Å². The van der Waals surface area contributed by atoms with Crippen molar-refractivity contribution >= 4 is 11.6 Å². The minimum Gasteiger partial charge on any atom is -0.342 e. The number of carbonyl (C=O) groups excluding carboxylic acids is 1. The van der Waals surface area contributed by atoms with Crippen LogP contribution in [0.1, 0.15) is 30.1 Å². The summed E-state index contributed by atoms with van der Waals surface area (Å²) < 4.78 is 1.91.